The van der Waals surface area contributed by atoms with E-state index >= 15 is 0 Å². The molecular weight excluding hydrogens is 449 g/mol. The van der Waals surface area contributed by atoms with Crippen LogP contribution in [-0.2, 0) is 16.2 Å². The van der Waals surface area contributed by atoms with E-state index in [1.807, 2.05) is 0 Å². The minimum atomic E-state index is -4.51. The lowest BCUT2D eigenvalue weighted by atomic mass is 10.2. The molecule has 1 amide bonds. The molecule has 0 radical (unpaired) electrons. The molecule has 1 atom stereocenters. The fourth-order valence-corrected chi connectivity index (χ4v) is 3.93. The van der Waals surface area contributed by atoms with E-state index in [4.69, 9.17) is 4.74 Å². The Morgan fingerprint density at radius 2 is 1.88 bits per heavy atom. The summed E-state index contributed by atoms with van der Waals surface area (Å²) in [7, 11) is -3.74. The zero-order chi connectivity index (χ0) is 23.4. The maximum absolute atomic E-state index is 12.7. The minimum absolute atomic E-state index is 0.0424. The molecule has 3 N–H and O–H groups in total. The van der Waals surface area contributed by atoms with E-state index in [1.165, 1.54) is 36.4 Å². The smallest absolute Gasteiger partial charge is 0.416 e. The van der Waals surface area contributed by atoms with Gasteiger partial charge in [-0.1, -0.05) is 12.1 Å². The first-order valence-electron chi connectivity index (χ1n) is 9.90. The molecule has 0 saturated heterocycles. The summed E-state index contributed by atoms with van der Waals surface area (Å²) >= 11 is 0. The summed E-state index contributed by atoms with van der Waals surface area (Å²) < 4.78 is 70.5. The van der Waals surface area contributed by atoms with Crippen molar-refractivity contribution in [2.75, 3.05) is 19.7 Å². The van der Waals surface area contributed by atoms with Crippen molar-refractivity contribution in [3.8, 4) is 5.75 Å². The first-order valence-corrected chi connectivity index (χ1v) is 11.4. The summed E-state index contributed by atoms with van der Waals surface area (Å²) in [6, 6.07) is 9.71. The fraction of sp³-hybridized carbons (Fsp3) is 0.381. The SMILES string of the molecule is O=C(NCC(O)COc1cccc(C(F)(F)F)c1)c1cccc(S(=O)(=O)NCC2CC2)c1. The number of alkyl halides is 3. The standard InChI is InChI=1S/C21H23F3N2O5S/c22-21(23,24)16-4-2-5-18(10-16)31-13-17(27)12-25-20(28)15-3-1-6-19(9-15)32(29,30)26-11-14-7-8-14/h1-6,9-10,14,17,26-27H,7-8,11-13H2,(H,25,28). The highest BCUT2D eigenvalue weighted by Gasteiger charge is 2.30. The molecule has 0 bridgehead atoms. The Balaban J connectivity index is 1.51. The first-order chi connectivity index (χ1) is 15.0. The quantitative estimate of drug-likeness (QED) is 0.493. The third kappa shape index (κ3) is 6.94. The summed E-state index contributed by atoms with van der Waals surface area (Å²) in [6.45, 7) is -0.230. The molecule has 32 heavy (non-hydrogen) atoms. The van der Waals surface area contributed by atoms with E-state index in [2.05, 4.69) is 10.0 Å². The Labute approximate surface area is 183 Å². The van der Waals surface area contributed by atoms with Crippen molar-refractivity contribution in [2.45, 2.75) is 30.0 Å². The minimum Gasteiger partial charge on any atom is -0.491 e. The van der Waals surface area contributed by atoms with Crippen molar-refractivity contribution in [3.63, 3.8) is 0 Å². The van der Waals surface area contributed by atoms with Crippen LogP contribution in [0.5, 0.6) is 5.75 Å². The number of hydrogen-bond donors (Lipinski definition) is 3. The Morgan fingerprint density at radius 1 is 1.16 bits per heavy atom. The number of carbonyl (C=O) groups is 1. The van der Waals surface area contributed by atoms with Gasteiger partial charge in [0.2, 0.25) is 10.0 Å². The predicted octanol–water partition coefficient (Wildman–Crippen LogP) is 2.56. The van der Waals surface area contributed by atoms with Gasteiger partial charge >= 0.3 is 6.18 Å². The van der Waals surface area contributed by atoms with Gasteiger partial charge in [-0.25, -0.2) is 13.1 Å². The summed E-state index contributed by atoms with van der Waals surface area (Å²) in [5, 5.41) is 12.4. The number of nitrogens with one attached hydrogen (secondary N) is 2. The van der Waals surface area contributed by atoms with Gasteiger partial charge in [-0.05, 0) is 55.2 Å². The van der Waals surface area contributed by atoms with E-state index in [1.54, 1.807) is 0 Å². The van der Waals surface area contributed by atoms with Gasteiger partial charge in [-0.3, -0.25) is 4.79 Å². The van der Waals surface area contributed by atoms with Gasteiger partial charge in [0.15, 0.2) is 0 Å². The lowest BCUT2D eigenvalue weighted by Crippen LogP contribution is -2.35. The maximum atomic E-state index is 12.7. The van der Waals surface area contributed by atoms with E-state index in [0.717, 1.165) is 25.0 Å². The van der Waals surface area contributed by atoms with Crippen molar-refractivity contribution >= 4 is 15.9 Å². The van der Waals surface area contributed by atoms with Gasteiger partial charge in [0.25, 0.3) is 5.91 Å². The number of carbonyl (C=O) groups excluding carboxylic acids is 1. The van der Waals surface area contributed by atoms with Crippen LogP contribution in [0.3, 0.4) is 0 Å². The second-order valence-corrected chi connectivity index (χ2v) is 9.29. The second-order valence-electron chi connectivity index (χ2n) is 7.52. The van der Waals surface area contributed by atoms with Crippen LogP contribution in [0.25, 0.3) is 0 Å². The third-order valence-electron chi connectivity index (χ3n) is 4.77. The number of ether oxygens (including phenoxy) is 1. The van der Waals surface area contributed by atoms with E-state index in [9.17, 15) is 31.5 Å². The zero-order valence-corrected chi connectivity index (χ0v) is 17.7. The number of sulfonamides is 1. The molecule has 2 aromatic carbocycles. The Morgan fingerprint density at radius 3 is 2.56 bits per heavy atom. The lowest BCUT2D eigenvalue weighted by Gasteiger charge is -2.15. The van der Waals surface area contributed by atoms with Gasteiger partial charge < -0.3 is 15.2 Å². The third-order valence-corrected chi connectivity index (χ3v) is 6.19. The van der Waals surface area contributed by atoms with Crippen molar-refractivity contribution in [2.24, 2.45) is 5.92 Å². The van der Waals surface area contributed by atoms with Crippen molar-refractivity contribution < 1.29 is 36.2 Å². The fourth-order valence-electron chi connectivity index (χ4n) is 2.76. The van der Waals surface area contributed by atoms with Gasteiger partial charge in [-0.15, -0.1) is 0 Å². The molecule has 1 fully saturated rings. The van der Waals surface area contributed by atoms with Gasteiger partial charge in [0.05, 0.1) is 10.5 Å². The molecule has 1 saturated carbocycles. The molecule has 174 valence electrons. The summed E-state index contributed by atoms with van der Waals surface area (Å²) in [5.74, 6) is -0.319. The normalized spacial score (nSPS) is 15.2. The Kier molecular flexibility index (Phi) is 7.42. The van der Waals surface area contributed by atoms with Crippen LogP contribution >= 0.6 is 0 Å². The number of aliphatic hydroxyl groups excluding tert-OH is 1. The monoisotopic (exact) mass is 472 g/mol. The lowest BCUT2D eigenvalue weighted by molar-refractivity contribution is -0.137. The topological polar surface area (TPSA) is 105 Å². The molecule has 0 aliphatic heterocycles. The van der Waals surface area contributed by atoms with Crippen LogP contribution in [0.4, 0.5) is 13.2 Å². The zero-order valence-electron chi connectivity index (χ0n) is 16.9. The number of benzene rings is 2. The van der Waals surface area contributed by atoms with Gasteiger partial charge in [0, 0.05) is 18.7 Å². The maximum Gasteiger partial charge on any atom is 0.416 e. The Hall–Kier alpha value is -2.63. The number of rotatable bonds is 10. The Bertz CT molecular complexity index is 1060. The van der Waals surface area contributed by atoms with E-state index in [-0.39, 0.29) is 29.4 Å². The van der Waals surface area contributed by atoms with Crippen LogP contribution in [-0.4, -0.2) is 45.2 Å². The molecule has 3 rings (SSSR count). The summed E-state index contributed by atoms with van der Waals surface area (Å²) in [5.41, 5.74) is -0.787. The molecule has 1 aliphatic carbocycles. The second kappa shape index (κ2) is 9.88. The number of hydrogen-bond acceptors (Lipinski definition) is 5. The highest BCUT2D eigenvalue weighted by Crippen LogP contribution is 2.31. The molecule has 0 spiro atoms. The molecule has 11 heteroatoms. The number of halogens is 3. The average molecular weight is 472 g/mol. The molecule has 2 aromatic rings. The highest BCUT2D eigenvalue weighted by atomic mass is 32.2. The van der Waals surface area contributed by atoms with Crippen LogP contribution in [0.2, 0.25) is 0 Å². The summed E-state index contributed by atoms with van der Waals surface area (Å²) in [4.78, 5) is 12.3. The molecule has 1 aliphatic rings. The molecule has 7 nitrogen and oxygen atoms in total. The summed E-state index contributed by atoms with van der Waals surface area (Å²) in [6.07, 6.45) is -3.72. The van der Waals surface area contributed by atoms with Gasteiger partial charge in [-0.2, -0.15) is 13.2 Å². The van der Waals surface area contributed by atoms with Crippen LogP contribution in [0, 0.1) is 5.92 Å². The molecule has 0 heterocycles. The molecule has 0 aromatic heterocycles. The first kappa shape index (κ1) is 24.0. The van der Waals surface area contributed by atoms with Crippen LogP contribution in [0.1, 0.15) is 28.8 Å². The van der Waals surface area contributed by atoms with Crippen LogP contribution < -0.4 is 14.8 Å². The largest absolute Gasteiger partial charge is 0.491 e. The van der Waals surface area contributed by atoms with Crippen molar-refractivity contribution in [1.29, 1.82) is 0 Å². The number of amides is 1. The molecule has 1 unspecified atom stereocenters. The van der Waals surface area contributed by atoms with Gasteiger partial charge in [0.1, 0.15) is 18.5 Å². The van der Waals surface area contributed by atoms with E-state index < -0.39 is 33.8 Å². The van der Waals surface area contributed by atoms with Crippen molar-refractivity contribution in [1.82, 2.24) is 10.0 Å². The molecular formula is C21H23F3N2O5S. The number of aliphatic hydroxyl groups is 1. The average Bonchev–Trinajstić information content (AvgIpc) is 3.59. The van der Waals surface area contributed by atoms with E-state index in [0.29, 0.717) is 12.5 Å². The van der Waals surface area contributed by atoms with Crippen molar-refractivity contribution in [3.05, 3.63) is 59.7 Å². The highest BCUT2D eigenvalue weighted by molar-refractivity contribution is 7.89. The van der Waals surface area contributed by atoms with Crippen LogP contribution in [0.15, 0.2) is 53.4 Å². The predicted molar refractivity (Wildman–Crippen MR) is 110 cm³/mol.